The van der Waals surface area contributed by atoms with E-state index in [9.17, 15) is 0 Å². The summed E-state index contributed by atoms with van der Waals surface area (Å²) in [7, 11) is 4.32. The molecular formula is C15H25N3. The fraction of sp³-hybridized carbons (Fsp3) is 0.600. The Kier molecular flexibility index (Phi) is 4.12. The molecule has 1 heterocycles. The van der Waals surface area contributed by atoms with E-state index >= 15 is 0 Å². The highest BCUT2D eigenvalue weighted by Crippen LogP contribution is 2.26. The fourth-order valence-electron chi connectivity index (χ4n) is 2.75. The average molecular weight is 247 g/mol. The van der Waals surface area contributed by atoms with E-state index in [1.165, 1.54) is 43.7 Å². The first kappa shape index (κ1) is 13.2. The molecule has 18 heavy (non-hydrogen) atoms. The lowest BCUT2D eigenvalue weighted by Gasteiger charge is -2.35. The predicted molar refractivity (Wildman–Crippen MR) is 79.1 cm³/mol. The van der Waals surface area contributed by atoms with Gasteiger partial charge in [0.2, 0.25) is 0 Å². The molecule has 100 valence electrons. The summed E-state index contributed by atoms with van der Waals surface area (Å²) < 4.78 is 0. The van der Waals surface area contributed by atoms with Crippen LogP contribution in [0, 0.1) is 12.8 Å². The smallest absolute Gasteiger partial charge is 0.0370 e. The molecule has 0 aliphatic carbocycles. The van der Waals surface area contributed by atoms with Crippen molar-refractivity contribution in [2.75, 3.05) is 44.4 Å². The third-order valence-corrected chi connectivity index (χ3v) is 3.86. The number of nitrogens with zero attached hydrogens (tertiary/aromatic N) is 2. The van der Waals surface area contributed by atoms with E-state index < -0.39 is 0 Å². The van der Waals surface area contributed by atoms with Crippen molar-refractivity contribution in [1.82, 2.24) is 4.90 Å². The van der Waals surface area contributed by atoms with Crippen LogP contribution in [-0.4, -0.2) is 38.6 Å². The van der Waals surface area contributed by atoms with Crippen molar-refractivity contribution in [3.63, 3.8) is 0 Å². The van der Waals surface area contributed by atoms with Crippen molar-refractivity contribution >= 4 is 11.4 Å². The minimum Gasteiger partial charge on any atom is -0.399 e. The van der Waals surface area contributed by atoms with Crippen LogP contribution in [0.5, 0.6) is 0 Å². The van der Waals surface area contributed by atoms with Crippen LogP contribution in [-0.2, 0) is 0 Å². The van der Waals surface area contributed by atoms with Crippen molar-refractivity contribution in [1.29, 1.82) is 0 Å². The zero-order valence-corrected chi connectivity index (χ0v) is 11.8. The van der Waals surface area contributed by atoms with E-state index in [1.807, 2.05) is 6.07 Å². The monoisotopic (exact) mass is 247 g/mol. The van der Waals surface area contributed by atoms with Crippen molar-refractivity contribution in [2.24, 2.45) is 5.92 Å². The number of nitrogen functional groups attached to an aromatic ring is 1. The molecule has 0 radical (unpaired) electrons. The van der Waals surface area contributed by atoms with E-state index in [2.05, 4.69) is 43.0 Å². The second kappa shape index (κ2) is 5.61. The van der Waals surface area contributed by atoms with Gasteiger partial charge >= 0.3 is 0 Å². The van der Waals surface area contributed by atoms with Crippen LogP contribution >= 0.6 is 0 Å². The highest BCUT2D eigenvalue weighted by molar-refractivity contribution is 5.58. The van der Waals surface area contributed by atoms with Gasteiger partial charge in [-0.1, -0.05) is 0 Å². The quantitative estimate of drug-likeness (QED) is 0.832. The second-order valence-corrected chi connectivity index (χ2v) is 5.73. The molecule has 0 spiro atoms. The summed E-state index contributed by atoms with van der Waals surface area (Å²) in [5.74, 6) is 0.853. The van der Waals surface area contributed by atoms with Gasteiger partial charge in [0.1, 0.15) is 0 Å². The minimum atomic E-state index is 0.853. The Bertz CT molecular complexity index is 393. The summed E-state index contributed by atoms with van der Waals surface area (Å²) in [5, 5.41) is 0. The van der Waals surface area contributed by atoms with Gasteiger partial charge in [0.15, 0.2) is 0 Å². The lowest BCUT2D eigenvalue weighted by Crippen LogP contribution is -2.37. The number of hydrogen-bond acceptors (Lipinski definition) is 3. The van der Waals surface area contributed by atoms with E-state index in [0.717, 1.165) is 11.6 Å². The Morgan fingerprint density at radius 2 is 1.94 bits per heavy atom. The van der Waals surface area contributed by atoms with Crippen LogP contribution in [0.25, 0.3) is 0 Å². The number of anilines is 2. The molecule has 3 heteroatoms. The molecule has 1 aliphatic heterocycles. The Morgan fingerprint density at radius 1 is 1.28 bits per heavy atom. The van der Waals surface area contributed by atoms with Crippen LogP contribution in [0.4, 0.5) is 11.4 Å². The first-order valence-corrected chi connectivity index (χ1v) is 6.82. The Hall–Kier alpha value is -1.22. The van der Waals surface area contributed by atoms with Crippen LogP contribution < -0.4 is 10.6 Å². The normalized spacial score (nSPS) is 17.4. The van der Waals surface area contributed by atoms with Crippen molar-refractivity contribution in [3.8, 4) is 0 Å². The van der Waals surface area contributed by atoms with Gasteiger partial charge in [-0.25, -0.2) is 0 Å². The summed E-state index contributed by atoms with van der Waals surface area (Å²) in [5.41, 5.74) is 9.27. The van der Waals surface area contributed by atoms with Crippen molar-refractivity contribution < 1.29 is 0 Å². The SMILES string of the molecule is Cc1cc(N2CCC(CN(C)C)CC2)ccc1N. The standard InChI is InChI=1S/C15H25N3/c1-12-10-14(4-5-15(12)16)18-8-6-13(7-9-18)11-17(2)3/h4-5,10,13H,6-9,11,16H2,1-3H3. The maximum Gasteiger partial charge on any atom is 0.0370 e. The predicted octanol–water partition coefficient (Wildman–Crippen LogP) is 2.36. The molecule has 0 saturated carbocycles. The molecule has 1 saturated heterocycles. The van der Waals surface area contributed by atoms with Gasteiger partial charge in [-0.15, -0.1) is 0 Å². The van der Waals surface area contributed by atoms with Gasteiger partial charge in [0, 0.05) is 31.0 Å². The molecule has 0 atom stereocenters. The Labute approximate surface area is 111 Å². The summed E-state index contributed by atoms with van der Waals surface area (Å²) in [6.45, 7) is 5.63. The maximum atomic E-state index is 5.87. The van der Waals surface area contributed by atoms with Crippen LogP contribution in [0.2, 0.25) is 0 Å². The molecule has 2 N–H and O–H groups in total. The highest BCUT2D eigenvalue weighted by Gasteiger charge is 2.19. The third-order valence-electron chi connectivity index (χ3n) is 3.86. The van der Waals surface area contributed by atoms with E-state index in [-0.39, 0.29) is 0 Å². The topological polar surface area (TPSA) is 32.5 Å². The first-order valence-electron chi connectivity index (χ1n) is 6.82. The molecule has 2 rings (SSSR count). The fourth-order valence-corrected chi connectivity index (χ4v) is 2.75. The molecule has 0 unspecified atom stereocenters. The van der Waals surface area contributed by atoms with Crippen LogP contribution in [0.3, 0.4) is 0 Å². The number of piperidine rings is 1. The number of rotatable bonds is 3. The third kappa shape index (κ3) is 3.16. The van der Waals surface area contributed by atoms with Gasteiger partial charge in [-0.05, 0) is 63.5 Å². The van der Waals surface area contributed by atoms with Gasteiger partial charge < -0.3 is 15.5 Å². The highest BCUT2D eigenvalue weighted by atomic mass is 15.1. The van der Waals surface area contributed by atoms with E-state index in [4.69, 9.17) is 5.73 Å². The zero-order valence-electron chi connectivity index (χ0n) is 11.8. The summed E-state index contributed by atoms with van der Waals surface area (Å²) in [6.07, 6.45) is 2.59. The molecule has 0 aromatic heterocycles. The van der Waals surface area contributed by atoms with Crippen molar-refractivity contribution in [3.05, 3.63) is 23.8 Å². The number of benzene rings is 1. The molecule has 0 bridgehead atoms. The molecule has 1 aromatic rings. The summed E-state index contributed by atoms with van der Waals surface area (Å²) >= 11 is 0. The maximum absolute atomic E-state index is 5.87. The van der Waals surface area contributed by atoms with E-state index in [0.29, 0.717) is 0 Å². The molecule has 3 nitrogen and oxygen atoms in total. The summed E-state index contributed by atoms with van der Waals surface area (Å²) in [4.78, 5) is 4.78. The molecular weight excluding hydrogens is 222 g/mol. The second-order valence-electron chi connectivity index (χ2n) is 5.73. The lowest BCUT2D eigenvalue weighted by atomic mass is 9.96. The summed E-state index contributed by atoms with van der Waals surface area (Å²) in [6, 6.07) is 6.38. The number of hydrogen-bond donors (Lipinski definition) is 1. The van der Waals surface area contributed by atoms with Crippen LogP contribution in [0.15, 0.2) is 18.2 Å². The molecule has 1 aliphatic rings. The van der Waals surface area contributed by atoms with Gasteiger partial charge in [-0.2, -0.15) is 0 Å². The van der Waals surface area contributed by atoms with Gasteiger partial charge in [-0.3, -0.25) is 0 Å². The Morgan fingerprint density at radius 3 is 2.50 bits per heavy atom. The van der Waals surface area contributed by atoms with Gasteiger partial charge in [0.05, 0.1) is 0 Å². The lowest BCUT2D eigenvalue weighted by molar-refractivity contribution is 0.285. The largest absolute Gasteiger partial charge is 0.399 e. The molecule has 1 aromatic carbocycles. The van der Waals surface area contributed by atoms with E-state index in [1.54, 1.807) is 0 Å². The Balaban J connectivity index is 1.94. The van der Waals surface area contributed by atoms with Gasteiger partial charge in [0.25, 0.3) is 0 Å². The number of aryl methyl sites for hydroxylation is 1. The molecule has 1 fully saturated rings. The number of nitrogens with two attached hydrogens (primary N) is 1. The first-order chi connectivity index (χ1) is 8.56. The molecule has 0 amide bonds. The van der Waals surface area contributed by atoms with Crippen LogP contribution in [0.1, 0.15) is 18.4 Å². The zero-order chi connectivity index (χ0) is 13.1. The minimum absolute atomic E-state index is 0.853. The average Bonchev–Trinajstić information content (AvgIpc) is 2.33. The van der Waals surface area contributed by atoms with Crippen molar-refractivity contribution in [2.45, 2.75) is 19.8 Å².